The monoisotopic (exact) mass is 921 g/mol. The maximum Gasteiger partial charge on any atom is 0.239 e. The van der Waals surface area contributed by atoms with Gasteiger partial charge in [-0.15, -0.1) is 6.58 Å². The highest BCUT2D eigenvalue weighted by molar-refractivity contribution is 6.03. The number of oxime groups is 1. The Hall–Kier alpha value is -4.84. The number of hydrogen-bond acceptors (Lipinski definition) is 10. The lowest BCUT2D eigenvalue weighted by Crippen LogP contribution is -2.70. The number of aliphatic hydroxyl groups is 2. The van der Waals surface area contributed by atoms with Crippen LogP contribution in [0.1, 0.15) is 144 Å². The van der Waals surface area contributed by atoms with Crippen LogP contribution in [0, 0.1) is 31.6 Å². The number of aliphatic hydroxyl groups excluding tert-OH is 2. The molecule has 3 aromatic carbocycles. The van der Waals surface area contributed by atoms with Gasteiger partial charge in [0.15, 0.2) is 11.5 Å². The zero-order valence-electron chi connectivity index (χ0n) is 40.6. The van der Waals surface area contributed by atoms with Crippen LogP contribution in [0.5, 0.6) is 28.7 Å². The number of ether oxygens (including phenoxy) is 5. The van der Waals surface area contributed by atoms with E-state index < -0.39 is 17.7 Å². The van der Waals surface area contributed by atoms with E-state index in [0.717, 1.165) is 78.7 Å². The highest BCUT2D eigenvalue weighted by Gasteiger charge is 2.65. The first-order valence-electron chi connectivity index (χ1n) is 25.3. The summed E-state index contributed by atoms with van der Waals surface area (Å²) in [5, 5.41) is 24.8. The molecule has 0 spiro atoms. The minimum Gasteiger partial charge on any atom is -0.459 e. The summed E-state index contributed by atoms with van der Waals surface area (Å²) in [5.74, 6) is 1.76. The van der Waals surface area contributed by atoms with E-state index in [1.165, 1.54) is 44.1 Å². The van der Waals surface area contributed by atoms with Crippen molar-refractivity contribution in [2.45, 2.75) is 154 Å². The number of carbonyl (C=O) groups excluding carboxylic acids is 1. The van der Waals surface area contributed by atoms with Crippen LogP contribution in [-0.4, -0.2) is 72.3 Å². The van der Waals surface area contributed by atoms with Gasteiger partial charge in [0.25, 0.3) is 0 Å². The Morgan fingerprint density at radius 1 is 0.836 bits per heavy atom. The Morgan fingerprint density at radius 2 is 1.54 bits per heavy atom. The van der Waals surface area contributed by atoms with Crippen molar-refractivity contribution in [3.05, 3.63) is 101 Å². The molecular formula is C56H76N2O9. The van der Waals surface area contributed by atoms with Gasteiger partial charge in [0.2, 0.25) is 18.5 Å². The molecule has 0 saturated heterocycles. The predicted molar refractivity (Wildman–Crippen MR) is 263 cm³/mol. The molecule has 0 bridgehead atoms. The molecule has 6 atom stereocenters. The van der Waals surface area contributed by atoms with Gasteiger partial charge in [0, 0.05) is 44.1 Å². The smallest absolute Gasteiger partial charge is 0.239 e. The summed E-state index contributed by atoms with van der Waals surface area (Å²) in [5.41, 5.74) is 6.03. The number of allylic oxidation sites excluding steroid dienone is 1. The Labute approximate surface area is 399 Å². The molecule has 6 unspecified atom stereocenters. The third-order valence-electron chi connectivity index (χ3n) is 14.5. The molecule has 0 radical (unpaired) electrons. The number of rotatable bonds is 27. The molecule has 2 aliphatic heterocycles. The van der Waals surface area contributed by atoms with Crippen molar-refractivity contribution in [1.82, 2.24) is 4.90 Å². The molecule has 11 heteroatoms. The number of carbonyl (C=O) groups is 1. The SMILES string of the molecule is C=CCOC12Oc3ccc(Oc4ccc(C)c(C)c4)cc3C3C(CCCCO)C(CCCCO)C=C(C(=NOC)CC1N(Cc1ccc4c(c1)OCO4)C(=O)CCCCCCCCCCC)C32. The van der Waals surface area contributed by atoms with Crippen molar-refractivity contribution in [3.8, 4) is 28.7 Å². The lowest BCUT2D eigenvalue weighted by atomic mass is 9.55. The minimum absolute atomic E-state index is 0.0247. The van der Waals surface area contributed by atoms with Crippen molar-refractivity contribution >= 4 is 11.6 Å². The van der Waals surface area contributed by atoms with Crippen LogP contribution < -0.4 is 18.9 Å². The summed E-state index contributed by atoms with van der Waals surface area (Å²) in [7, 11) is 1.58. The van der Waals surface area contributed by atoms with Crippen molar-refractivity contribution < 1.29 is 43.5 Å². The van der Waals surface area contributed by atoms with Crippen LogP contribution in [0.3, 0.4) is 0 Å². The highest BCUT2D eigenvalue weighted by Crippen LogP contribution is 2.62. The first-order chi connectivity index (χ1) is 32.7. The van der Waals surface area contributed by atoms with Gasteiger partial charge < -0.3 is 43.6 Å². The molecule has 7 rings (SSSR count). The minimum atomic E-state index is -1.36. The third kappa shape index (κ3) is 11.9. The number of unbranched alkanes of at least 4 members (excludes halogenated alkanes) is 10. The van der Waals surface area contributed by atoms with Gasteiger partial charge in [-0.25, -0.2) is 0 Å². The van der Waals surface area contributed by atoms with E-state index in [9.17, 15) is 10.2 Å². The van der Waals surface area contributed by atoms with Gasteiger partial charge in [-0.3, -0.25) is 4.79 Å². The zero-order chi connectivity index (χ0) is 47.2. The maximum atomic E-state index is 15.2. The third-order valence-corrected chi connectivity index (χ3v) is 14.5. The molecule has 11 nitrogen and oxygen atoms in total. The van der Waals surface area contributed by atoms with Gasteiger partial charge in [-0.1, -0.05) is 101 Å². The molecule has 2 N–H and O–H groups in total. The largest absolute Gasteiger partial charge is 0.459 e. The van der Waals surface area contributed by atoms with Crippen LogP contribution in [0.4, 0.5) is 0 Å². The van der Waals surface area contributed by atoms with Crippen molar-refractivity contribution in [2.75, 3.05) is 33.7 Å². The number of nitrogens with zero attached hydrogens (tertiary/aromatic N) is 2. The summed E-state index contributed by atoms with van der Waals surface area (Å²) in [6.45, 7) is 11.4. The van der Waals surface area contributed by atoms with E-state index in [4.69, 9.17) is 33.7 Å². The van der Waals surface area contributed by atoms with Crippen LogP contribution in [0.25, 0.3) is 0 Å². The van der Waals surface area contributed by atoms with E-state index >= 15 is 4.79 Å². The Bertz CT molecular complexity index is 2170. The summed E-state index contributed by atoms with van der Waals surface area (Å²) in [6, 6.07) is 17.5. The van der Waals surface area contributed by atoms with Crippen LogP contribution in [0.2, 0.25) is 0 Å². The number of aryl methyl sites for hydroxylation is 2. The van der Waals surface area contributed by atoms with Gasteiger partial charge in [-0.2, -0.15) is 0 Å². The van der Waals surface area contributed by atoms with Gasteiger partial charge in [0.1, 0.15) is 30.4 Å². The maximum absolute atomic E-state index is 15.2. The lowest BCUT2D eigenvalue weighted by Gasteiger charge is -2.60. The number of benzene rings is 3. The topological polar surface area (TPSA) is 129 Å². The number of amides is 1. The average Bonchev–Trinajstić information content (AvgIpc) is 3.80. The second kappa shape index (κ2) is 24.4. The summed E-state index contributed by atoms with van der Waals surface area (Å²) >= 11 is 0. The molecule has 1 fully saturated rings. The predicted octanol–water partition coefficient (Wildman–Crippen LogP) is 12.0. The van der Waals surface area contributed by atoms with Crippen LogP contribution in [0.15, 0.2) is 84.1 Å². The second-order valence-electron chi connectivity index (χ2n) is 19.1. The van der Waals surface area contributed by atoms with Crippen molar-refractivity contribution in [3.63, 3.8) is 0 Å². The second-order valence-corrected chi connectivity index (χ2v) is 19.1. The van der Waals surface area contributed by atoms with Crippen LogP contribution in [-0.2, 0) is 20.9 Å². The van der Waals surface area contributed by atoms with Gasteiger partial charge >= 0.3 is 0 Å². The molecule has 4 aliphatic rings. The fraction of sp³-hybridized carbons (Fsp3) is 0.571. The standard InChI is InChI=1S/C56H76N2O9/c1-6-8-9-10-11-12-13-14-15-22-53(61)58(37-41-24-27-50-51(33-41)64-38-63-50)52-36-48(57-62-5)46-34-42(20-16-18-29-59)45(21-17-19-30-60)54-47-35-44(66-43-25-23-39(3)40(4)32-43)26-28-49(47)67-56(52,55(46)54)65-31-7-2/h7,23-28,32-35,42,45,52,54-55,59-60H,2,6,8-22,29-31,36-38H2,1,3-5H3. The van der Waals surface area contributed by atoms with E-state index in [2.05, 4.69) is 51.6 Å². The first-order valence-corrected chi connectivity index (χ1v) is 25.3. The molecule has 2 aliphatic carbocycles. The molecule has 67 heavy (non-hydrogen) atoms. The zero-order valence-corrected chi connectivity index (χ0v) is 40.6. The lowest BCUT2D eigenvalue weighted by molar-refractivity contribution is -0.258. The Morgan fingerprint density at radius 3 is 2.27 bits per heavy atom. The van der Waals surface area contributed by atoms with Gasteiger partial charge in [-0.05, 0) is 123 Å². The Kier molecular flexibility index (Phi) is 18.3. The van der Waals surface area contributed by atoms with E-state index in [1.807, 2.05) is 41.3 Å². The van der Waals surface area contributed by atoms with Crippen molar-refractivity contribution in [1.29, 1.82) is 0 Å². The van der Waals surface area contributed by atoms with E-state index in [0.29, 0.717) is 48.7 Å². The van der Waals surface area contributed by atoms with Gasteiger partial charge in [0.05, 0.1) is 18.2 Å². The highest BCUT2D eigenvalue weighted by atomic mass is 16.7. The van der Waals surface area contributed by atoms with E-state index in [1.54, 1.807) is 13.2 Å². The fourth-order valence-electron chi connectivity index (χ4n) is 11.1. The number of hydrogen-bond donors (Lipinski definition) is 2. The summed E-state index contributed by atoms with van der Waals surface area (Å²) in [6.07, 6.45) is 20.0. The Balaban J connectivity index is 1.35. The quantitative estimate of drug-likeness (QED) is 0.0436. The fourth-order valence-corrected chi connectivity index (χ4v) is 11.1. The van der Waals surface area contributed by atoms with Crippen molar-refractivity contribution in [2.24, 2.45) is 22.9 Å². The molecular weight excluding hydrogens is 845 g/mol. The van der Waals surface area contributed by atoms with Crippen LogP contribution >= 0.6 is 0 Å². The molecule has 3 aromatic rings. The molecule has 2 heterocycles. The summed E-state index contributed by atoms with van der Waals surface area (Å²) in [4.78, 5) is 22.9. The first kappa shape index (κ1) is 50.0. The molecule has 1 saturated carbocycles. The summed E-state index contributed by atoms with van der Waals surface area (Å²) < 4.78 is 32.9. The average molecular weight is 921 g/mol. The van der Waals surface area contributed by atoms with E-state index in [-0.39, 0.29) is 56.8 Å². The molecule has 0 aromatic heterocycles. The molecule has 364 valence electrons. The normalized spacial score (nSPS) is 22.9. The molecule has 1 amide bonds. The number of fused-ring (bicyclic) bond motifs is 3.